The highest BCUT2D eigenvalue weighted by Gasteiger charge is 2.60. The van der Waals surface area contributed by atoms with Gasteiger partial charge in [0.15, 0.2) is 0 Å². The zero-order valence-electron chi connectivity index (χ0n) is 13.1. The van der Waals surface area contributed by atoms with E-state index in [0.29, 0.717) is 5.92 Å². The van der Waals surface area contributed by atoms with Gasteiger partial charge in [-0.05, 0) is 60.2 Å². The highest BCUT2D eigenvalue weighted by molar-refractivity contribution is 5.08. The Balaban J connectivity index is 2.13. The molecule has 0 amide bonds. The van der Waals surface area contributed by atoms with Crippen LogP contribution in [0.5, 0.6) is 0 Å². The van der Waals surface area contributed by atoms with Gasteiger partial charge >= 0.3 is 0 Å². The van der Waals surface area contributed by atoms with Crippen LogP contribution < -0.4 is 0 Å². The van der Waals surface area contributed by atoms with E-state index in [1.54, 1.807) is 0 Å². The first-order valence-electron chi connectivity index (χ1n) is 8.02. The van der Waals surface area contributed by atoms with Crippen LogP contribution in [0.15, 0.2) is 0 Å². The molecule has 0 heterocycles. The van der Waals surface area contributed by atoms with E-state index in [4.69, 9.17) is 0 Å². The molecule has 0 spiro atoms. The molecule has 2 rings (SSSR count). The van der Waals surface area contributed by atoms with Crippen LogP contribution >= 0.6 is 0 Å². The molecular weight excluding hydrogens is 220 g/mol. The quantitative estimate of drug-likeness (QED) is 0.795. The molecule has 0 radical (unpaired) electrons. The molecule has 7 atom stereocenters. The lowest BCUT2D eigenvalue weighted by molar-refractivity contribution is -0.114. The van der Waals surface area contributed by atoms with E-state index in [9.17, 15) is 5.11 Å². The second-order valence-corrected chi connectivity index (χ2v) is 7.94. The van der Waals surface area contributed by atoms with Gasteiger partial charge < -0.3 is 5.11 Å². The molecule has 1 nitrogen and oxygen atoms in total. The van der Waals surface area contributed by atoms with Gasteiger partial charge in [0.1, 0.15) is 0 Å². The Morgan fingerprint density at radius 3 is 2.11 bits per heavy atom. The molecule has 0 aliphatic heterocycles. The fourth-order valence-electron chi connectivity index (χ4n) is 5.40. The summed E-state index contributed by atoms with van der Waals surface area (Å²) in [5.41, 5.74) is 0. The van der Waals surface area contributed by atoms with Crippen LogP contribution in [0.4, 0.5) is 0 Å². The molecule has 0 aromatic rings. The van der Waals surface area contributed by atoms with E-state index in [-0.39, 0.29) is 6.10 Å². The lowest BCUT2D eigenvalue weighted by Crippen LogP contribution is -2.54. The van der Waals surface area contributed by atoms with Crippen molar-refractivity contribution in [2.24, 2.45) is 47.3 Å². The molecule has 7 unspecified atom stereocenters. The Bertz CT molecular complexity index is 283. The summed E-state index contributed by atoms with van der Waals surface area (Å²) in [7, 11) is 0. The molecule has 2 aliphatic carbocycles. The number of hydrogen-bond acceptors (Lipinski definition) is 1. The zero-order valence-corrected chi connectivity index (χ0v) is 13.1. The summed E-state index contributed by atoms with van der Waals surface area (Å²) in [6.07, 6.45) is 2.35. The van der Waals surface area contributed by atoms with E-state index in [0.717, 1.165) is 47.8 Å². The minimum Gasteiger partial charge on any atom is -0.393 e. The Morgan fingerprint density at radius 1 is 1.00 bits per heavy atom. The highest BCUT2D eigenvalue weighted by atomic mass is 16.3. The lowest BCUT2D eigenvalue weighted by Gasteiger charge is -2.56. The van der Waals surface area contributed by atoms with E-state index in [2.05, 4.69) is 41.5 Å². The number of aliphatic hydroxyl groups excluding tert-OH is 1. The average molecular weight is 252 g/mol. The van der Waals surface area contributed by atoms with E-state index < -0.39 is 0 Å². The van der Waals surface area contributed by atoms with Gasteiger partial charge in [-0.1, -0.05) is 41.5 Å². The molecule has 2 fully saturated rings. The molecule has 1 N–H and O–H groups in total. The predicted octanol–water partition coefficient (Wildman–Crippen LogP) is 4.20. The fraction of sp³-hybridized carbons (Fsp3) is 1.00. The summed E-state index contributed by atoms with van der Waals surface area (Å²) in [4.78, 5) is 0. The molecule has 2 aliphatic rings. The van der Waals surface area contributed by atoms with Gasteiger partial charge in [0.2, 0.25) is 0 Å². The number of hydrogen-bond donors (Lipinski definition) is 1. The first kappa shape index (κ1) is 14.4. The van der Waals surface area contributed by atoms with Crippen molar-refractivity contribution in [3.63, 3.8) is 0 Å². The van der Waals surface area contributed by atoms with Crippen LogP contribution in [0.1, 0.15) is 54.4 Å². The molecular formula is C17H32O. The summed E-state index contributed by atoms with van der Waals surface area (Å²) < 4.78 is 0. The summed E-state index contributed by atoms with van der Waals surface area (Å²) in [6.45, 7) is 14.2. The third kappa shape index (κ3) is 2.24. The van der Waals surface area contributed by atoms with Crippen LogP contribution in [0.25, 0.3) is 0 Å². The SMILES string of the molecule is CC(C)CC(C)C1C(C(C)C)C2C(C)CC(O)C12. The van der Waals surface area contributed by atoms with Crippen molar-refractivity contribution < 1.29 is 5.11 Å². The standard InChI is InChI=1S/C17H32O/c1-9(2)7-11(5)15-14(10(3)4)16-12(6)8-13(18)17(15)16/h9-18H,7-8H2,1-6H3. The molecule has 0 aromatic heterocycles. The van der Waals surface area contributed by atoms with Crippen molar-refractivity contribution in [3.05, 3.63) is 0 Å². The van der Waals surface area contributed by atoms with E-state index >= 15 is 0 Å². The lowest BCUT2D eigenvalue weighted by atomic mass is 9.49. The number of rotatable bonds is 4. The van der Waals surface area contributed by atoms with Crippen LogP contribution in [0.3, 0.4) is 0 Å². The van der Waals surface area contributed by atoms with Crippen molar-refractivity contribution in [1.82, 2.24) is 0 Å². The first-order valence-corrected chi connectivity index (χ1v) is 8.02. The van der Waals surface area contributed by atoms with E-state index in [1.165, 1.54) is 6.42 Å². The Kier molecular flexibility index (Phi) is 4.11. The topological polar surface area (TPSA) is 20.2 Å². The van der Waals surface area contributed by atoms with Crippen molar-refractivity contribution >= 4 is 0 Å². The summed E-state index contributed by atoms with van der Waals surface area (Å²) in [6, 6.07) is 0. The zero-order chi connectivity index (χ0) is 13.6. The second kappa shape index (κ2) is 5.15. The normalized spacial score (nSPS) is 45.2. The summed E-state index contributed by atoms with van der Waals surface area (Å²) in [5.74, 6) is 6.12. The maximum absolute atomic E-state index is 10.3. The highest BCUT2D eigenvalue weighted by Crippen LogP contribution is 2.62. The van der Waals surface area contributed by atoms with Crippen LogP contribution in [0, 0.1) is 47.3 Å². The minimum atomic E-state index is -0.0142. The molecule has 2 saturated carbocycles. The van der Waals surface area contributed by atoms with Gasteiger partial charge in [-0.25, -0.2) is 0 Å². The van der Waals surface area contributed by atoms with Crippen LogP contribution in [-0.2, 0) is 0 Å². The first-order chi connectivity index (χ1) is 8.34. The third-order valence-electron chi connectivity index (χ3n) is 5.76. The Hall–Kier alpha value is -0.0400. The summed E-state index contributed by atoms with van der Waals surface area (Å²) >= 11 is 0. The number of fused-ring (bicyclic) bond motifs is 1. The molecule has 0 saturated heterocycles. The fourth-order valence-corrected chi connectivity index (χ4v) is 5.40. The van der Waals surface area contributed by atoms with Crippen LogP contribution in [-0.4, -0.2) is 11.2 Å². The molecule has 18 heavy (non-hydrogen) atoms. The van der Waals surface area contributed by atoms with Crippen molar-refractivity contribution in [2.45, 2.75) is 60.5 Å². The monoisotopic (exact) mass is 252 g/mol. The Morgan fingerprint density at radius 2 is 1.61 bits per heavy atom. The largest absolute Gasteiger partial charge is 0.393 e. The maximum Gasteiger partial charge on any atom is 0.0576 e. The van der Waals surface area contributed by atoms with Crippen molar-refractivity contribution in [1.29, 1.82) is 0 Å². The van der Waals surface area contributed by atoms with Gasteiger partial charge in [0.05, 0.1) is 6.10 Å². The Labute approximate surface area is 113 Å². The smallest absolute Gasteiger partial charge is 0.0576 e. The number of aliphatic hydroxyl groups is 1. The minimum absolute atomic E-state index is 0.0142. The summed E-state index contributed by atoms with van der Waals surface area (Å²) in [5, 5.41) is 10.3. The van der Waals surface area contributed by atoms with Crippen LogP contribution in [0.2, 0.25) is 0 Å². The molecule has 106 valence electrons. The van der Waals surface area contributed by atoms with Crippen molar-refractivity contribution in [3.8, 4) is 0 Å². The van der Waals surface area contributed by atoms with Gasteiger partial charge in [0.25, 0.3) is 0 Å². The van der Waals surface area contributed by atoms with E-state index in [1.807, 2.05) is 0 Å². The predicted molar refractivity (Wildman–Crippen MR) is 77.2 cm³/mol. The average Bonchev–Trinajstić information content (AvgIpc) is 2.33. The second-order valence-electron chi connectivity index (χ2n) is 7.94. The van der Waals surface area contributed by atoms with Gasteiger partial charge in [-0.15, -0.1) is 0 Å². The maximum atomic E-state index is 10.3. The van der Waals surface area contributed by atoms with Crippen molar-refractivity contribution in [2.75, 3.05) is 0 Å². The van der Waals surface area contributed by atoms with Gasteiger partial charge in [0, 0.05) is 0 Å². The molecule has 0 bridgehead atoms. The van der Waals surface area contributed by atoms with Gasteiger partial charge in [-0.3, -0.25) is 0 Å². The third-order valence-corrected chi connectivity index (χ3v) is 5.76. The molecule has 1 heteroatoms. The van der Waals surface area contributed by atoms with Gasteiger partial charge in [-0.2, -0.15) is 0 Å². The molecule has 0 aromatic carbocycles.